The lowest BCUT2D eigenvalue weighted by atomic mass is 10.0. The molecule has 0 radical (unpaired) electrons. The molecule has 0 spiro atoms. The van der Waals surface area contributed by atoms with Gasteiger partial charge in [-0.3, -0.25) is 4.79 Å². The van der Waals surface area contributed by atoms with Gasteiger partial charge in [0.25, 0.3) is 0 Å². The number of anilines is 1. The van der Waals surface area contributed by atoms with Crippen molar-refractivity contribution in [2.45, 2.75) is 6.04 Å². The molecule has 1 aliphatic rings. The molecule has 1 fully saturated rings. The highest BCUT2D eigenvalue weighted by molar-refractivity contribution is 6.31. The topological polar surface area (TPSA) is 50.4 Å². The summed E-state index contributed by atoms with van der Waals surface area (Å²) in [5.74, 6) is -1.21. The average Bonchev–Trinajstić information content (AvgIpc) is 2.83. The van der Waals surface area contributed by atoms with Crippen molar-refractivity contribution >= 4 is 23.2 Å². The summed E-state index contributed by atoms with van der Waals surface area (Å²) < 4.78 is 18.9. The number of hydrogen-bond donors (Lipinski definition) is 2. The van der Waals surface area contributed by atoms with Crippen LogP contribution in [0.3, 0.4) is 0 Å². The fourth-order valence-electron chi connectivity index (χ4n) is 1.92. The van der Waals surface area contributed by atoms with Gasteiger partial charge < -0.3 is 15.4 Å². The van der Waals surface area contributed by atoms with Gasteiger partial charge in [0, 0.05) is 6.04 Å². The molecule has 0 aromatic heterocycles. The number of benzene rings is 1. The SMILES string of the molecule is CNC1COCC1C(=O)Nc1cccc(Cl)c1F. The second-order valence-corrected chi connectivity index (χ2v) is 4.54. The summed E-state index contributed by atoms with van der Waals surface area (Å²) in [6.07, 6.45) is 0. The summed E-state index contributed by atoms with van der Waals surface area (Å²) >= 11 is 5.65. The molecule has 4 nitrogen and oxygen atoms in total. The van der Waals surface area contributed by atoms with Gasteiger partial charge in [-0.25, -0.2) is 4.39 Å². The second-order valence-electron chi connectivity index (χ2n) is 4.13. The molecule has 18 heavy (non-hydrogen) atoms. The zero-order valence-electron chi connectivity index (χ0n) is 9.87. The van der Waals surface area contributed by atoms with Crippen LogP contribution in [-0.2, 0) is 9.53 Å². The van der Waals surface area contributed by atoms with Crippen molar-refractivity contribution in [3.05, 3.63) is 29.0 Å². The molecule has 2 unspecified atom stereocenters. The predicted molar refractivity (Wildman–Crippen MR) is 67.2 cm³/mol. The maximum Gasteiger partial charge on any atom is 0.231 e. The molecular weight excluding hydrogens is 259 g/mol. The van der Waals surface area contributed by atoms with Crippen LogP contribution in [-0.4, -0.2) is 32.2 Å². The minimum atomic E-state index is -0.618. The van der Waals surface area contributed by atoms with Crippen LogP contribution in [0.25, 0.3) is 0 Å². The normalized spacial score (nSPS) is 23.1. The summed E-state index contributed by atoms with van der Waals surface area (Å²) in [6, 6.07) is 4.44. The molecule has 0 aliphatic carbocycles. The fraction of sp³-hybridized carbons (Fsp3) is 0.417. The van der Waals surface area contributed by atoms with Gasteiger partial charge in [-0.15, -0.1) is 0 Å². The van der Waals surface area contributed by atoms with Crippen LogP contribution < -0.4 is 10.6 Å². The van der Waals surface area contributed by atoms with Gasteiger partial charge in [-0.2, -0.15) is 0 Å². The minimum Gasteiger partial charge on any atom is -0.379 e. The van der Waals surface area contributed by atoms with Crippen molar-refractivity contribution in [3.8, 4) is 0 Å². The van der Waals surface area contributed by atoms with Crippen molar-refractivity contribution in [1.82, 2.24) is 5.32 Å². The quantitative estimate of drug-likeness (QED) is 0.880. The monoisotopic (exact) mass is 272 g/mol. The van der Waals surface area contributed by atoms with Gasteiger partial charge in [0.15, 0.2) is 5.82 Å². The third-order valence-electron chi connectivity index (χ3n) is 3.00. The van der Waals surface area contributed by atoms with Gasteiger partial charge in [-0.05, 0) is 19.2 Å². The van der Waals surface area contributed by atoms with Crippen LogP contribution in [0, 0.1) is 11.7 Å². The first-order chi connectivity index (χ1) is 8.63. The first-order valence-electron chi connectivity index (χ1n) is 5.63. The Bertz CT molecular complexity index is 456. The van der Waals surface area contributed by atoms with Crippen LogP contribution in [0.1, 0.15) is 0 Å². The maximum absolute atomic E-state index is 13.6. The molecule has 1 aliphatic heterocycles. The number of amides is 1. The lowest BCUT2D eigenvalue weighted by Gasteiger charge is -2.16. The molecular formula is C12H14ClFN2O2. The third-order valence-corrected chi connectivity index (χ3v) is 3.29. The highest BCUT2D eigenvalue weighted by atomic mass is 35.5. The maximum atomic E-state index is 13.6. The van der Waals surface area contributed by atoms with Gasteiger partial charge in [0.05, 0.1) is 29.8 Å². The largest absolute Gasteiger partial charge is 0.379 e. The van der Waals surface area contributed by atoms with Gasteiger partial charge in [0.1, 0.15) is 0 Å². The molecule has 1 aromatic rings. The Morgan fingerprint density at radius 1 is 1.50 bits per heavy atom. The Hall–Kier alpha value is -1.17. The van der Waals surface area contributed by atoms with E-state index in [0.29, 0.717) is 13.2 Å². The van der Waals surface area contributed by atoms with Crippen LogP contribution in [0.5, 0.6) is 0 Å². The fourth-order valence-corrected chi connectivity index (χ4v) is 2.10. The molecule has 98 valence electrons. The Morgan fingerprint density at radius 3 is 3.00 bits per heavy atom. The lowest BCUT2D eigenvalue weighted by molar-refractivity contribution is -0.120. The van der Waals surface area contributed by atoms with E-state index in [1.165, 1.54) is 12.1 Å². The zero-order valence-corrected chi connectivity index (χ0v) is 10.6. The van der Waals surface area contributed by atoms with E-state index in [0.717, 1.165) is 0 Å². The Balaban J connectivity index is 2.09. The Labute approximate surface area is 109 Å². The number of likely N-dealkylation sites (N-methyl/N-ethyl adjacent to an activating group) is 1. The lowest BCUT2D eigenvalue weighted by Crippen LogP contribution is -2.39. The molecule has 2 atom stereocenters. The molecule has 1 saturated heterocycles. The van der Waals surface area contributed by atoms with E-state index in [9.17, 15) is 9.18 Å². The molecule has 2 rings (SSSR count). The Morgan fingerprint density at radius 2 is 2.28 bits per heavy atom. The second kappa shape index (κ2) is 5.65. The molecule has 1 heterocycles. The van der Waals surface area contributed by atoms with Crippen LogP contribution in [0.2, 0.25) is 5.02 Å². The van der Waals surface area contributed by atoms with Gasteiger partial charge in [-0.1, -0.05) is 17.7 Å². The third kappa shape index (κ3) is 2.63. The molecule has 2 N–H and O–H groups in total. The number of rotatable bonds is 3. The summed E-state index contributed by atoms with van der Waals surface area (Å²) in [7, 11) is 1.76. The predicted octanol–water partition coefficient (Wildman–Crippen LogP) is 1.65. The first-order valence-corrected chi connectivity index (χ1v) is 6.01. The van der Waals surface area contributed by atoms with Crippen molar-refractivity contribution < 1.29 is 13.9 Å². The highest BCUT2D eigenvalue weighted by Crippen LogP contribution is 2.23. The van der Waals surface area contributed by atoms with E-state index in [1.54, 1.807) is 13.1 Å². The van der Waals surface area contributed by atoms with Crippen LogP contribution in [0.15, 0.2) is 18.2 Å². The minimum absolute atomic E-state index is 0.0133. The number of halogens is 2. The number of nitrogens with one attached hydrogen (secondary N) is 2. The van der Waals surface area contributed by atoms with Gasteiger partial charge in [0.2, 0.25) is 5.91 Å². The average molecular weight is 273 g/mol. The number of carbonyl (C=O) groups excluding carboxylic acids is 1. The first kappa shape index (κ1) is 13.3. The van der Waals surface area contributed by atoms with E-state index in [1.807, 2.05) is 0 Å². The number of ether oxygens (including phenoxy) is 1. The summed E-state index contributed by atoms with van der Waals surface area (Å²) in [5, 5.41) is 5.53. The zero-order chi connectivity index (χ0) is 13.1. The van der Waals surface area contributed by atoms with Crippen LogP contribution in [0.4, 0.5) is 10.1 Å². The van der Waals surface area contributed by atoms with Gasteiger partial charge >= 0.3 is 0 Å². The molecule has 1 amide bonds. The summed E-state index contributed by atoms with van der Waals surface area (Å²) in [5.41, 5.74) is 0.0919. The van der Waals surface area contributed by atoms with E-state index >= 15 is 0 Å². The van der Waals surface area contributed by atoms with E-state index in [2.05, 4.69) is 10.6 Å². The number of carbonyl (C=O) groups is 1. The highest BCUT2D eigenvalue weighted by Gasteiger charge is 2.33. The number of hydrogen-bond acceptors (Lipinski definition) is 3. The summed E-state index contributed by atoms with van der Waals surface area (Å²) in [6.45, 7) is 0.812. The van der Waals surface area contributed by atoms with Crippen LogP contribution >= 0.6 is 11.6 Å². The van der Waals surface area contributed by atoms with Crippen molar-refractivity contribution in [3.63, 3.8) is 0 Å². The van der Waals surface area contributed by atoms with E-state index in [-0.39, 0.29) is 28.6 Å². The van der Waals surface area contributed by atoms with E-state index < -0.39 is 5.82 Å². The van der Waals surface area contributed by atoms with E-state index in [4.69, 9.17) is 16.3 Å². The smallest absolute Gasteiger partial charge is 0.231 e. The van der Waals surface area contributed by atoms with Crippen molar-refractivity contribution in [1.29, 1.82) is 0 Å². The molecule has 0 bridgehead atoms. The molecule has 0 saturated carbocycles. The summed E-state index contributed by atoms with van der Waals surface area (Å²) in [4.78, 5) is 12.0. The standard InChI is InChI=1S/C12H14ClFN2O2/c1-15-10-6-18-5-7(10)12(17)16-9-4-2-3-8(13)11(9)14/h2-4,7,10,15H,5-6H2,1H3,(H,16,17). The van der Waals surface area contributed by atoms with Crippen molar-refractivity contribution in [2.75, 3.05) is 25.6 Å². The van der Waals surface area contributed by atoms with Crippen molar-refractivity contribution in [2.24, 2.45) is 5.92 Å². The molecule has 1 aromatic carbocycles. The molecule has 6 heteroatoms. The Kier molecular flexibility index (Phi) is 4.16.